The predicted octanol–water partition coefficient (Wildman–Crippen LogP) is 3.19. The van der Waals surface area contributed by atoms with Crippen molar-refractivity contribution in [3.63, 3.8) is 0 Å². The zero-order valence-electron chi connectivity index (χ0n) is 12.0. The van der Waals surface area contributed by atoms with Gasteiger partial charge in [-0.3, -0.25) is 4.98 Å². The molecule has 0 atom stereocenters. The van der Waals surface area contributed by atoms with E-state index in [0.29, 0.717) is 17.3 Å². The largest absolute Gasteiger partial charge is 0.301 e. The highest BCUT2D eigenvalue weighted by Gasteiger charge is 2.14. The smallest absolute Gasteiger partial charge is 0.191 e. The molecule has 0 unspecified atom stereocenters. The Bertz CT molecular complexity index is 760. The monoisotopic (exact) mass is 315 g/mol. The number of hydrogen-bond donors (Lipinski definition) is 0. The fourth-order valence-electron chi connectivity index (χ4n) is 2.06. The minimum atomic E-state index is -0.227. The number of thioether (sulfide) groups is 1. The maximum Gasteiger partial charge on any atom is 0.191 e. The lowest BCUT2D eigenvalue weighted by molar-refractivity contribution is 0.626. The summed E-state index contributed by atoms with van der Waals surface area (Å²) >= 11 is 1.52. The van der Waals surface area contributed by atoms with Gasteiger partial charge in [0.05, 0.1) is 6.20 Å². The Labute approximate surface area is 131 Å². The standard InChI is InChI=1S/C15H14FN5S/c1-2-21-14(13-9-17-6-7-18-13)19-20-15(21)22-10-11-4-3-5-12(16)8-11/h3-9H,2,10H2,1H3. The lowest BCUT2D eigenvalue weighted by atomic mass is 10.2. The van der Waals surface area contributed by atoms with Crippen molar-refractivity contribution in [3.05, 3.63) is 54.2 Å². The van der Waals surface area contributed by atoms with Crippen LogP contribution in [0.3, 0.4) is 0 Å². The number of rotatable bonds is 5. The molecule has 0 bridgehead atoms. The summed E-state index contributed by atoms with van der Waals surface area (Å²) in [5.41, 5.74) is 1.60. The summed E-state index contributed by atoms with van der Waals surface area (Å²) < 4.78 is 15.2. The number of halogens is 1. The number of nitrogens with zero attached hydrogens (tertiary/aromatic N) is 5. The average molecular weight is 315 g/mol. The fourth-order valence-corrected chi connectivity index (χ4v) is 3.00. The van der Waals surface area contributed by atoms with Gasteiger partial charge in [0.2, 0.25) is 0 Å². The van der Waals surface area contributed by atoms with E-state index in [1.54, 1.807) is 24.7 Å². The van der Waals surface area contributed by atoms with Crippen LogP contribution in [-0.2, 0) is 12.3 Å². The van der Waals surface area contributed by atoms with Crippen molar-refractivity contribution >= 4 is 11.8 Å². The van der Waals surface area contributed by atoms with Gasteiger partial charge in [0.15, 0.2) is 11.0 Å². The Balaban J connectivity index is 1.81. The summed E-state index contributed by atoms with van der Waals surface area (Å²) in [4.78, 5) is 8.31. The molecule has 112 valence electrons. The minimum Gasteiger partial charge on any atom is -0.301 e. The first kappa shape index (κ1) is 14.6. The third-order valence-electron chi connectivity index (χ3n) is 3.08. The first-order valence-electron chi connectivity index (χ1n) is 6.84. The second kappa shape index (κ2) is 6.65. The van der Waals surface area contributed by atoms with Crippen molar-refractivity contribution in [3.8, 4) is 11.5 Å². The molecular formula is C15H14FN5S. The summed E-state index contributed by atoms with van der Waals surface area (Å²) in [5, 5.41) is 9.20. The van der Waals surface area contributed by atoms with Gasteiger partial charge in [0, 0.05) is 24.7 Å². The molecule has 5 nitrogen and oxygen atoms in total. The van der Waals surface area contributed by atoms with E-state index >= 15 is 0 Å². The van der Waals surface area contributed by atoms with Crippen LogP contribution in [-0.4, -0.2) is 24.7 Å². The summed E-state index contributed by atoms with van der Waals surface area (Å²) in [7, 11) is 0. The van der Waals surface area contributed by atoms with Crippen molar-refractivity contribution in [2.75, 3.05) is 0 Å². The van der Waals surface area contributed by atoms with Crippen LogP contribution in [0.5, 0.6) is 0 Å². The SMILES string of the molecule is CCn1c(SCc2cccc(F)c2)nnc1-c1cnccn1. The molecule has 0 N–H and O–H groups in total. The molecule has 0 aliphatic heterocycles. The molecule has 1 aromatic carbocycles. The van der Waals surface area contributed by atoms with Gasteiger partial charge in [-0.05, 0) is 24.6 Å². The molecular weight excluding hydrogens is 301 g/mol. The molecule has 0 aliphatic rings. The van der Waals surface area contributed by atoms with E-state index in [4.69, 9.17) is 0 Å². The van der Waals surface area contributed by atoms with Crippen molar-refractivity contribution in [2.45, 2.75) is 24.4 Å². The highest BCUT2D eigenvalue weighted by molar-refractivity contribution is 7.98. The van der Waals surface area contributed by atoms with Crippen LogP contribution in [0, 0.1) is 5.82 Å². The van der Waals surface area contributed by atoms with Crippen LogP contribution in [0.1, 0.15) is 12.5 Å². The van der Waals surface area contributed by atoms with Crippen molar-refractivity contribution in [1.29, 1.82) is 0 Å². The van der Waals surface area contributed by atoms with E-state index in [9.17, 15) is 4.39 Å². The molecule has 0 saturated carbocycles. The maximum atomic E-state index is 13.2. The van der Waals surface area contributed by atoms with Gasteiger partial charge in [-0.1, -0.05) is 23.9 Å². The van der Waals surface area contributed by atoms with Gasteiger partial charge in [0.25, 0.3) is 0 Å². The van der Waals surface area contributed by atoms with Crippen LogP contribution < -0.4 is 0 Å². The normalized spacial score (nSPS) is 10.8. The van der Waals surface area contributed by atoms with Gasteiger partial charge in [-0.25, -0.2) is 9.37 Å². The van der Waals surface area contributed by atoms with E-state index in [0.717, 1.165) is 17.3 Å². The molecule has 3 rings (SSSR count). The van der Waals surface area contributed by atoms with E-state index in [1.807, 2.05) is 17.6 Å². The Morgan fingerprint density at radius 3 is 2.86 bits per heavy atom. The number of hydrogen-bond acceptors (Lipinski definition) is 5. The summed E-state index contributed by atoms with van der Waals surface area (Å²) in [6, 6.07) is 6.57. The van der Waals surface area contributed by atoms with Crippen molar-refractivity contribution < 1.29 is 4.39 Å². The fraction of sp³-hybridized carbons (Fsp3) is 0.200. The van der Waals surface area contributed by atoms with Gasteiger partial charge in [-0.2, -0.15) is 0 Å². The molecule has 0 amide bonds. The Kier molecular flexibility index (Phi) is 4.43. The molecule has 0 fully saturated rings. The molecule has 0 radical (unpaired) electrons. The van der Waals surface area contributed by atoms with E-state index in [1.165, 1.54) is 23.9 Å². The van der Waals surface area contributed by atoms with E-state index in [2.05, 4.69) is 20.2 Å². The van der Waals surface area contributed by atoms with Gasteiger partial charge in [0.1, 0.15) is 11.5 Å². The molecule has 2 heterocycles. The number of benzene rings is 1. The molecule has 2 aromatic heterocycles. The van der Waals surface area contributed by atoms with E-state index in [-0.39, 0.29) is 5.82 Å². The van der Waals surface area contributed by atoms with Gasteiger partial charge < -0.3 is 4.57 Å². The lowest BCUT2D eigenvalue weighted by Crippen LogP contribution is -2.01. The highest BCUT2D eigenvalue weighted by Crippen LogP contribution is 2.25. The van der Waals surface area contributed by atoms with Crippen molar-refractivity contribution in [2.24, 2.45) is 0 Å². The zero-order valence-corrected chi connectivity index (χ0v) is 12.8. The van der Waals surface area contributed by atoms with Crippen LogP contribution >= 0.6 is 11.8 Å². The zero-order chi connectivity index (χ0) is 15.4. The van der Waals surface area contributed by atoms with Crippen LogP contribution in [0.15, 0.2) is 48.0 Å². The highest BCUT2D eigenvalue weighted by atomic mass is 32.2. The molecule has 0 spiro atoms. The molecule has 22 heavy (non-hydrogen) atoms. The molecule has 0 aliphatic carbocycles. The second-order valence-electron chi connectivity index (χ2n) is 4.56. The summed E-state index contributed by atoms with van der Waals surface area (Å²) in [5.74, 6) is 1.10. The van der Waals surface area contributed by atoms with Crippen LogP contribution in [0.25, 0.3) is 11.5 Å². The van der Waals surface area contributed by atoms with Gasteiger partial charge in [-0.15, -0.1) is 10.2 Å². The number of aromatic nitrogens is 5. The Hall–Kier alpha value is -2.28. The van der Waals surface area contributed by atoms with Crippen molar-refractivity contribution in [1.82, 2.24) is 24.7 Å². The minimum absolute atomic E-state index is 0.227. The average Bonchev–Trinajstić information content (AvgIpc) is 2.97. The van der Waals surface area contributed by atoms with Crippen LogP contribution in [0.2, 0.25) is 0 Å². The lowest BCUT2D eigenvalue weighted by Gasteiger charge is -2.06. The first-order valence-corrected chi connectivity index (χ1v) is 7.83. The molecule has 7 heteroatoms. The third-order valence-corrected chi connectivity index (χ3v) is 4.12. The molecule has 3 aromatic rings. The van der Waals surface area contributed by atoms with E-state index < -0.39 is 0 Å². The summed E-state index contributed by atoms with van der Waals surface area (Å²) in [6.45, 7) is 2.75. The topological polar surface area (TPSA) is 56.5 Å². The summed E-state index contributed by atoms with van der Waals surface area (Å²) in [6.07, 6.45) is 4.91. The van der Waals surface area contributed by atoms with Crippen LogP contribution in [0.4, 0.5) is 4.39 Å². The quantitative estimate of drug-likeness (QED) is 0.677. The predicted molar refractivity (Wildman–Crippen MR) is 82.7 cm³/mol. The Morgan fingerprint density at radius 1 is 1.23 bits per heavy atom. The maximum absolute atomic E-state index is 13.2. The Morgan fingerprint density at radius 2 is 2.14 bits per heavy atom. The van der Waals surface area contributed by atoms with Gasteiger partial charge >= 0.3 is 0 Å². The molecule has 0 saturated heterocycles. The second-order valence-corrected chi connectivity index (χ2v) is 5.50. The third kappa shape index (κ3) is 3.14. The first-order chi connectivity index (χ1) is 10.8.